The van der Waals surface area contributed by atoms with Crippen molar-refractivity contribution >= 4 is 23.2 Å². The van der Waals surface area contributed by atoms with Gasteiger partial charge in [-0.2, -0.15) is 0 Å². The van der Waals surface area contributed by atoms with Crippen LogP contribution in [0.3, 0.4) is 0 Å². The molecule has 0 bridgehead atoms. The van der Waals surface area contributed by atoms with Gasteiger partial charge in [0.25, 0.3) is 5.91 Å². The molecule has 132 valence electrons. The van der Waals surface area contributed by atoms with Gasteiger partial charge in [0.05, 0.1) is 0 Å². The first kappa shape index (κ1) is 18.7. The molecule has 4 heteroatoms. The molecular weight excluding hydrogens is 312 g/mol. The number of benzene rings is 2. The van der Waals surface area contributed by atoms with Gasteiger partial charge in [-0.25, -0.2) is 0 Å². The average Bonchev–Trinajstić information content (AvgIpc) is 2.61. The highest BCUT2D eigenvalue weighted by molar-refractivity contribution is 6.05. The molecule has 1 atom stereocenters. The third-order valence-electron chi connectivity index (χ3n) is 4.27. The lowest BCUT2D eigenvalue weighted by Gasteiger charge is -2.16. The monoisotopic (exact) mass is 338 g/mol. The summed E-state index contributed by atoms with van der Waals surface area (Å²) >= 11 is 0. The zero-order chi connectivity index (χ0) is 18.4. The Labute approximate surface area is 149 Å². The fourth-order valence-electron chi connectivity index (χ4n) is 2.48. The molecule has 25 heavy (non-hydrogen) atoms. The van der Waals surface area contributed by atoms with Gasteiger partial charge >= 0.3 is 0 Å². The van der Waals surface area contributed by atoms with Crippen LogP contribution in [0.1, 0.15) is 56.0 Å². The van der Waals surface area contributed by atoms with Crippen LogP contribution in [0, 0.1) is 5.92 Å². The SMILES string of the molecule is CC[C@@H](C)c1ccccc1NC(=O)c1cccc(NC(=O)C(C)C)c1. The molecule has 0 unspecified atom stereocenters. The zero-order valence-corrected chi connectivity index (χ0v) is 15.3. The molecule has 0 fully saturated rings. The van der Waals surface area contributed by atoms with E-state index in [1.807, 2.05) is 38.1 Å². The van der Waals surface area contributed by atoms with Gasteiger partial charge in [0.2, 0.25) is 5.91 Å². The molecule has 0 aromatic heterocycles. The Bertz CT molecular complexity index is 753. The van der Waals surface area contributed by atoms with E-state index in [0.717, 1.165) is 17.7 Å². The Morgan fingerprint density at radius 2 is 1.68 bits per heavy atom. The first-order chi connectivity index (χ1) is 11.9. The van der Waals surface area contributed by atoms with Crippen LogP contribution >= 0.6 is 0 Å². The first-order valence-corrected chi connectivity index (χ1v) is 8.73. The van der Waals surface area contributed by atoms with Crippen molar-refractivity contribution in [3.63, 3.8) is 0 Å². The average molecular weight is 338 g/mol. The van der Waals surface area contributed by atoms with E-state index in [1.54, 1.807) is 24.3 Å². The van der Waals surface area contributed by atoms with Crippen molar-refractivity contribution in [2.24, 2.45) is 5.92 Å². The number of nitrogens with one attached hydrogen (secondary N) is 2. The molecule has 4 nitrogen and oxygen atoms in total. The minimum Gasteiger partial charge on any atom is -0.326 e. The maximum atomic E-state index is 12.6. The summed E-state index contributed by atoms with van der Waals surface area (Å²) in [6.45, 7) is 7.94. The van der Waals surface area contributed by atoms with Crippen LogP contribution in [0.15, 0.2) is 48.5 Å². The Balaban J connectivity index is 2.18. The zero-order valence-electron chi connectivity index (χ0n) is 15.3. The fourth-order valence-corrected chi connectivity index (χ4v) is 2.48. The van der Waals surface area contributed by atoms with Crippen LogP contribution in [0.4, 0.5) is 11.4 Å². The van der Waals surface area contributed by atoms with E-state index >= 15 is 0 Å². The fraction of sp³-hybridized carbons (Fsp3) is 0.333. The van der Waals surface area contributed by atoms with Crippen molar-refractivity contribution in [3.05, 3.63) is 59.7 Å². The molecule has 2 amide bonds. The highest BCUT2D eigenvalue weighted by Gasteiger charge is 2.13. The largest absolute Gasteiger partial charge is 0.326 e. The van der Waals surface area contributed by atoms with Gasteiger partial charge in [0, 0.05) is 22.9 Å². The molecule has 0 aliphatic heterocycles. The van der Waals surface area contributed by atoms with Gasteiger partial charge < -0.3 is 10.6 Å². The topological polar surface area (TPSA) is 58.2 Å². The summed E-state index contributed by atoms with van der Waals surface area (Å²) in [5, 5.41) is 5.81. The summed E-state index contributed by atoms with van der Waals surface area (Å²) < 4.78 is 0. The number of rotatable bonds is 6. The van der Waals surface area contributed by atoms with Gasteiger partial charge in [-0.15, -0.1) is 0 Å². The van der Waals surface area contributed by atoms with Crippen LogP contribution in [0.5, 0.6) is 0 Å². The van der Waals surface area contributed by atoms with Crippen LogP contribution < -0.4 is 10.6 Å². The van der Waals surface area contributed by atoms with E-state index in [9.17, 15) is 9.59 Å². The maximum Gasteiger partial charge on any atom is 0.255 e. The van der Waals surface area contributed by atoms with Crippen LogP contribution in [0.2, 0.25) is 0 Å². The molecule has 2 N–H and O–H groups in total. The predicted molar refractivity (Wildman–Crippen MR) is 103 cm³/mol. The minimum absolute atomic E-state index is 0.0697. The number of carbonyl (C=O) groups excluding carboxylic acids is 2. The summed E-state index contributed by atoms with van der Waals surface area (Å²) in [5.41, 5.74) is 3.10. The number of para-hydroxylation sites is 1. The van der Waals surface area contributed by atoms with E-state index < -0.39 is 0 Å². The molecule has 0 saturated heterocycles. The Kier molecular flexibility index (Phi) is 6.34. The van der Waals surface area contributed by atoms with Gasteiger partial charge in [0.1, 0.15) is 0 Å². The summed E-state index contributed by atoms with van der Waals surface area (Å²) in [5.74, 6) is 0.00382. The van der Waals surface area contributed by atoms with E-state index in [0.29, 0.717) is 17.2 Å². The van der Waals surface area contributed by atoms with Crippen molar-refractivity contribution < 1.29 is 9.59 Å². The van der Waals surface area contributed by atoms with Crippen LogP contribution in [-0.4, -0.2) is 11.8 Å². The highest BCUT2D eigenvalue weighted by atomic mass is 16.2. The van der Waals surface area contributed by atoms with Crippen molar-refractivity contribution in [1.82, 2.24) is 0 Å². The van der Waals surface area contributed by atoms with E-state index in [4.69, 9.17) is 0 Å². The molecule has 0 aliphatic rings. The summed E-state index contributed by atoms with van der Waals surface area (Å²) in [6, 6.07) is 14.9. The summed E-state index contributed by atoms with van der Waals surface area (Å²) in [7, 11) is 0. The Hall–Kier alpha value is -2.62. The third-order valence-corrected chi connectivity index (χ3v) is 4.27. The molecular formula is C21H26N2O2. The second kappa shape index (κ2) is 8.47. The number of amides is 2. The number of hydrogen-bond acceptors (Lipinski definition) is 2. The Morgan fingerprint density at radius 1 is 0.960 bits per heavy atom. The molecule has 2 aromatic rings. The number of anilines is 2. The van der Waals surface area contributed by atoms with Crippen molar-refractivity contribution in [3.8, 4) is 0 Å². The molecule has 0 aliphatic carbocycles. The van der Waals surface area contributed by atoms with Gasteiger partial charge in [-0.3, -0.25) is 9.59 Å². The van der Waals surface area contributed by atoms with Crippen LogP contribution in [-0.2, 0) is 4.79 Å². The lowest BCUT2D eigenvalue weighted by Crippen LogP contribution is -2.18. The first-order valence-electron chi connectivity index (χ1n) is 8.73. The predicted octanol–water partition coefficient (Wildman–Crippen LogP) is 5.05. The number of carbonyl (C=O) groups is 2. The lowest BCUT2D eigenvalue weighted by atomic mass is 9.97. The van der Waals surface area contributed by atoms with Gasteiger partial charge in [-0.05, 0) is 42.2 Å². The molecule has 0 heterocycles. The van der Waals surface area contributed by atoms with Crippen molar-refractivity contribution in [2.45, 2.75) is 40.0 Å². The van der Waals surface area contributed by atoms with E-state index in [1.165, 1.54) is 0 Å². The molecule has 0 saturated carbocycles. The highest BCUT2D eigenvalue weighted by Crippen LogP contribution is 2.27. The summed E-state index contributed by atoms with van der Waals surface area (Å²) in [4.78, 5) is 24.5. The minimum atomic E-state index is -0.184. The maximum absolute atomic E-state index is 12.6. The normalized spacial score (nSPS) is 11.9. The molecule has 0 spiro atoms. The van der Waals surface area contributed by atoms with Gasteiger partial charge in [0.15, 0.2) is 0 Å². The third kappa shape index (κ3) is 4.92. The molecule has 0 radical (unpaired) electrons. The smallest absolute Gasteiger partial charge is 0.255 e. The van der Waals surface area contributed by atoms with Gasteiger partial charge in [-0.1, -0.05) is 52.0 Å². The van der Waals surface area contributed by atoms with Crippen molar-refractivity contribution in [2.75, 3.05) is 10.6 Å². The quantitative estimate of drug-likeness (QED) is 0.774. The molecule has 2 aromatic carbocycles. The van der Waals surface area contributed by atoms with Crippen molar-refractivity contribution in [1.29, 1.82) is 0 Å². The summed E-state index contributed by atoms with van der Waals surface area (Å²) in [6.07, 6.45) is 1.00. The second-order valence-corrected chi connectivity index (χ2v) is 6.58. The van der Waals surface area contributed by atoms with Crippen LogP contribution in [0.25, 0.3) is 0 Å². The standard InChI is InChI=1S/C21H26N2O2/c1-5-15(4)18-11-6-7-12-19(18)23-21(25)16-9-8-10-17(13-16)22-20(24)14(2)3/h6-15H,5H2,1-4H3,(H,22,24)(H,23,25)/t15-/m1/s1. The lowest BCUT2D eigenvalue weighted by molar-refractivity contribution is -0.118. The Morgan fingerprint density at radius 3 is 2.36 bits per heavy atom. The molecule has 2 rings (SSSR count). The van der Waals surface area contributed by atoms with E-state index in [2.05, 4.69) is 24.5 Å². The number of hydrogen-bond donors (Lipinski definition) is 2. The van der Waals surface area contributed by atoms with E-state index in [-0.39, 0.29) is 17.7 Å². The second-order valence-electron chi connectivity index (χ2n) is 6.58.